The largest absolute Gasteiger partial charge is 0.310 e. The molecule has 2 unspecified atom stereocenters. The molecule has 120 valence electrons. The maximum Gasteiger partial charge on any atom is 0.250 e. The lowest BCUT2D eigenvalue weighted by molar-refractivity contribution is 0.477. The number of thiophene rings is 1. The quantitative estimate of drug-likeness (QED) is 0.843. The maximum atomic E-state index is 12.5. The number of hydrogen-bond acceptors (Lipinski definition) is 4. The number of hydrogen-bond donors (Lipinski definition) is 2. The van der Waals surface area contributed by atoms with Crippen LogP contribution in [0.15, 0.2) is 10.3 Å². The maximum absolute atomic E-state index is 12.5. The van der Waals surface area contributed by atoms with E-state index in [9.17, 15) is 8.42 Å². The van der Waals surface area contributed by atoms with Crippen LogP contribution in [0.3, 0.4) is 0 Å². The summed E-state index contributed by atoms with van der Waals surface area (Å²) in [5.41, 5.74) is 1.05. The van der Waals surface area contributed by atoms with Crippen molar-refractivity contribution in [2.45, 2.75) is 69.8 Å². The van der Waals surface area contributed by atoms with Crippen molar-refractivity contribution in [2.24, 2.45) is 5.92 Å². The summed E-state index contributed by atoms with van der Waals surface area (Å²) in [4.78, 5) is 1.10. The highest BCUT2D eigenvalue weighted by molar-refractivity contribution is 7.91. The second-order valence-electron chi connectivity index (χ2n) is 6.34. The molecule has 2 atom stereocenters. The van der Waals surface area contributed by atoms with Crippen molar-refractivity contribution >= 4 is 21.4 Å². The molecule has 4 nitrogen and oxygen atoms in total. The van der Waals surface area contributed by atoms with Crippen LogP contribution in [-0.4, -0.2) is 20.5 Å². The van der Waals surface area contributed by atoms with E-state index < -0.39 is 10.0 Å². The van der Waals surface area contributed by atoms with Crippen LogP contribution in [0.1, 0.15) is 50.5 Å². The Hall–Kier alpha value is -0.430. The van der Waals surface area contributed by atoms with Crippen LogP contribution >= 0.6 is 11.3 Å². The summed E-state index contributed by atoms with van der Waals surface area (Å²) < 4.78 is 28.4. The third-order valence-electron chi connectivity index (χ3n) is 4.10. The minimum atomic E-state index is -3.38. The molecule has 0 amide bonds. The van der Waals surface area contributed by atoms with Crippen molar-refractivity contribution in [2.75, 3.05) is 0 Å². The van der Waals surface area contributed by atoms with Gasteiger partial charge in [-0.1, -0.05) is 27.2 Å². The average Bonchev–Trinajstić information content (AvgIpc) is 2.94. The molecule has 1 aliphatic carbocycles. The molecule has 0 bridgehead atoms. The van der Waals surface area contributed by atoms with Crippen LogP contribution in [0, 0.1) is 12.8 Å². The Balaban J connectivity index is 2.11. The highest BCUT2D eigenvalue weighted by Crippen LogP contribution is 2.29. The minimum Gasteiger partial charge on any atom is -0.310 e. The minimum absolute atomic E-state index is 0.0923. The standard InChI is InChI=1S/C15H26N2O2S2/c1-10(2)16-9-14-12(4)8-15(20-14)21(18,19)17-13-7-5-6-11(13)3/h8,10-11,13,16-17H,5-7,9H2,1-4H3. The summed E-state index contributed by atoms with van der Waals surface area (Å²) in [6, 6.07) is 2.28. The zero-order valence-corrected chi connectivity index (χ0v) is 14.9. The lowest BCUT2D eigenvalue weighted by Gasteiger charge is -2.16. The van der Waals surface area contributed by atoms with Gasteiger partial charge in [0, 0.05) is 23.5 Å². The second-order valence-corrected chi connectivity index (χ2v) is 9.42. The Bertz CT molecular complexity index is 578. The molecule has 0 saturated heterocycles. The Kier molecular flexibility index (Phi) is 5.46. The Morgan fingerprint density at radius 1 is 1.38 bits per heavy atom. The number of nitrogens with one attached hydrogen (secondary N) is 2. The van der Waals surface area contributed by atoms with Crippen LogP contribution in [0.5, 0.6) is 0 Å². The van der Waals surface area contributed by atoms with E-state index in [1.54, 1.807) is 6.07 Å². The van der Waals surface area contributed by atoms with Crippen molar-refractivity contribution < 1.29 is 8.42 Å². The molecule has 1 fully saturated rings. The summed E-state index contributed by atoms with van der Waals surface area (Å²) in [6.45, 7) is 9.00. The fourth-order valence-corrected chi connectivity index (χ4v) is 5.61. The van der Waals surface area contributed by atoms with Gasteiger partial charge in [0.1, 0.15) is 4.21 Å². The average molecular weight is 331 g/mol. The van der Waals surface area contributed by atoms with Gasteiger partial charge < -0.3 is 5.32 Å². The fourth-order valence-electron chi connectivity index (χ4n) is 2.67. The molecule has 6 heteroatoms. The molecule has 0 spiro atoms. The zero-order valence-electron chi connectivity index (χ0n) is 13.3. The van der Waals surface area contributed by atoms with Gasteiger partial charge in [0.25, 0.3) is 0 Å². The predicted molar refractivity (Wildman–Crippen MR) is 88.2 cm³/mol. The van der Waals surface area contributed by atoms with E-state index in [-0.39, 0.29) is 6.04 Å². The van der Waals surface area contributed by atoms with E-state index in [0.717, 1.165) is 36.2 Å². The Labute approximate surface area is 132 Å². The highest BCUT2D eigenvalue weighted by atomic mass is 32.2. The van der Waals surface area contributed by atoms with Gasteiger partial charge in [0.2, 0.25) is 10.0 Å². The van der Waals surface area contributed by atoms with Crippen LogP contribution in [0.25, 0.3) is 0 Å². The number of sulfonamides is 1. The summed E-state index contributed by atoms with van der Waals surface area (Å²) in [7, 11) is -3.38. The van der Waals surface area contributed by atoms with E-state index in [1.807, 2.05) is 6.92 Å². The van der Waals surface area contributed by atoms with E-state index in [0.29, 0.717) is 16.2 Å². The number of aryl methyl sites for hydroxylation is 1. The molecule has 0 aliphatic heterocycles. The molecule has 21 heavy (non-hydrogen) atoms. The van der Waals surface area contributed by atoms with Gasteiger partial charge in [-0.05, 0) is 37.3 Å². The zero-order chi connectivity index (χ0) is 15.6. The summed E-state index contributed by atoms with van der Waals surface area (Å²) in [5, 5.41) is 3.34. The van der Waals surface area contributed by atoms with E-state index in [1.165, 1.54) is 11.3 Å². The fraction of sp³-hybridized carbons (Fsp3) is 0.733. The molecular weight excluding hydrogens is 304 g/mol. The predicted octanol–water partition coefficient (Wildman–Crippen LogP) is 3.02. The molecule has 0 radical (unpaired) electrons. The van der Waals surface area contributed by atoms with Gasteiger partial charge in [-0.15, -0.1) is 11.3 Å². The molecule has 0 aromatic carbocycles. The molecule has 2 N–H and O–H groups in total. The molecule has 1 aromatic heterocycles. The van der Waals surface area contributed by atoms with Gasteiger partial charge in [-0.2, -0.15) is 0 Å². The van der Waals surface area contributed by atoms with E-state index in [4.69, 9.17) is 0 Å². The molecule has 1 heterocycles. The topological polar surface area (TPSA) is 58.2 Å². The molecule has 1 saturated carbocycles. The van der Waals surface area contributed by atoms with Crippen molar-refractivity contribution in [3.63, 3.8) is 0 Å². The lowest BCUT2D eigenvalue weighted by Crippen LogP contribution is -2.36. The smallest absolute Gasteiger partial charge is 0.250 e. The van der Waals surface area contributed by atoms with Crippen molar-refractivity contribution in [1.82, 2.24) is 10.0 Å². The summed E-state index contributed by atoms with van der Waals surface area (Å²) in [5.74, 6) is 0.433. The normalized spacial score (nSPS) is 23.1. The first-order valence-corrected chi connectivity index (χ1v) is 9.94. The molecule has 2 rings (SSSR count). The third-order valence-corrected chi connectivity index (χ3v) is 7.30. The van der Waals surface area contributed by atoms with Crippen molar-refractivity contribution in [1.29, 1.82) is 0 Å². The van der Waals surface area contributed by atoms with Gasteiger partial charge in [0.15, 0.2) is 0 Å². The Morgan fingerprint density at radius 3 is 2.67 bits per heavy atom. The van der Waals surface area contributed by atoms with Crippen LogP contribution < -0.4 is 10.0 Å². The van der Waals surface area contributed by atoms with Gasteiger partial charge in [-0.25, -0.2) is 13.1 Å². The summed E-state index contributed by atoms with van der Waals surface area (Å²) in [6.07, 6.45) is 3.17. The SMILES string of the molecule is Cc1cc(S(=O)(=O)NC2CCCC2C)sc1CNC(C)C. The molecule has 1 aromatic rings. The van der Waals surface area contributed by atoms with Gasteiger partial charge in [-0.3, -0.25) is 0 Å². The molecule has 1 aliphatic rings. The van der Waals surface area contributed by atoms with Gasteiger partial charge >= 0.3 is 0 Å². The second kappa shape index (κ2) is 6.77. The van der Waals surface area contributed by atoms with E-state index in [2.05, 4.69) is 30.8 Å². The summed E-state index contributed by atoms with van der Waals surface area (Å²) >= 11 is 1.38. The lowest BCUT2D eigenvalue weighted by atomic mass is 10.1. The first kappa shape index (κ1) is 16.9. The van der Waals surface area contributed by atoms with Crippen molar-refractivity contribution in [3.8, 4) is 0 Å². The van der Waals surface area contributed by atoms with Crippen molar-refractivity contribution in [3.05, 3.63) is 16.5 Å². The monoisotopic (exact) mass is 330 g/mol. The highest BCUT2D eigenvalue weighted by Gasteiger charge is 2.29. The third kappa shape index (κ3) is 4.28. The van der Waals surface area contributed by atoms with Crippen LogP contribution in [-0.2, 0) is 16.6 Å². The van der Waals surface area contributed by atoms with Gasteiger partial charge in [0.05, 0.1) is 0 Å². The Morgan fingerprint density at radius 2 is 2.10 bits per heavy atom. The van der Waals surface area contributed by atoms with Crippen LogP contribution in [0.2, 0.25) is 0 Å². The first-order chi connectivity index (χ1) is 9.79. The molecular formula is C15H26N2O2S2. The van der Waals surface area contributed by atoms with Crippen LogP contribution in [0.4, 0.5) is 0 Å². The number of rotatable bonds is 6. The van der Waals surface area contributed by atoms with E-state index >= 15 is 0 Å². The first-order valence-electron chi connectivity index (χ1n) is 7.64.